The zero-order valence-corrected chi connectivity index (χ0v) is 20.7. The van der Waals surface area contributed by atoms with Gasteiger partial charge in [-0.1, -0.05) is 84.0 Å². The first-order valence-corrected chi connectivity index (χ1v) is 12.9. The number of ether oxygens (including phenoxy) is 2. The summed E-state index contributed by atoms with van der Waals surface area (Å²) in [4.78, 5) is 34.7. The smallest absolute Gasteiger partial charge is 0.306 e. The van der Waals surface area contributed by atoms with Crippen molar-refractivity contribution in [2.45, 2.75) is 116 Å². The van der Waals surface area contributed by atoms with Crippen LogP contribution in [0, 0.1) is 0 Å². The van der Waals surface area contributed by atoms with Gasteiger partial charge in [0.2, 0.25) is 5.91 Å². The van der Waals surface area contributed by atoms with E-state index in [0.717, 1.165) is 12.8 Å². The van der Waals surface area contributed by atoms with Crippen LogP contribution in [0.3, 0.4) is 0 Å². The zero-order chi connectivity index (χ0) is 24.6. The zero-order valence-electron chi connectivity index (χ0n) is 20.7. The Labute approximate surface area is 199 Å². The molecule has 0 spiro atoms. The van der Waals surface area contributed by atoms with Crippen molar-refractivity contribution in [1.29, 1.82) is 0 Å². The van der Waals surface area contributed by atoms with E-state index in [2.05, 4.69) is 17.0 Å². The van der Waals surface area contributed by atoms with Crippen LogP contribution in [0.4, 0.5) is 0 Å². The first-order valence-electron chi connectivity index (χ1n) is 12.9. The largest absolute Gasteiger partial charge is 0.464 e. The van der Waals surface area contributed by atoms with Gasteiger partial charge in [0.05, 0.1) is 26.0 Å². The number of hydrogen-bond acceptors (Lipinski definition) is 7. The fraction of sp³-hybridized carbons (Fsp3) is 0.880. The Morgan fingerprint density at radius 3 is 1.73 bits per heavy atom. The van der Waals surface area contributed by atoms with Gasteiger partial charge in [-0.3, -0.25) is 14.4 Å². The molecule has 1 amide bonds. The number of nitrogens with one attached hydrogen (secondary N) is 1. The highest BCUT2D eigenvalue weighted by Crippen LogP contribution is 2.12. The summed E-state index contributed by atoms with van der Waals surface area (Å²) in [5.74, 6) is -1.24. The predicted octanol–water partition coefficient (Wildman–Crippen LogP) is 3.80. The van der Waals surface area contributed by atoms with Crippen LogP contribution in [-0.4, -0.2) is 60.5 Å². The topological polar surface area (TPSA) is 122 Å². The number of rotatable bonds is 23. The van der Waals surface area contributed by atoms with Crippen molar-refractivity contribution in [3.8, 4) is 0 Å². The van der Waals surface area contributed by atoms with Crippen LogP contribution in [0.5, 0.6) is 0 Å². The normalized spacial score (nSPS) is 11.7. The molecule has 33 heavy (non-hydrogen) atoms. The second-order valence-corrected chi connectivity index (χ2v) is 8.58. The van der Waals surface area contributed by atoms with Crippen LogP contribution < -0.4 is 5.32 Å². The molecule has 0 aromatic rings. The molecule has 194 valence electrons. The Morgan fingerprint density at radius 1 is 0.727 bits per heavy atom. The van der Waals surface area contributed by atoms with E-state index in [9.17, 15) is 14.4 Å². The molecule has 0 aliphatic rings. The van der Waals surface area contributed by atoms with E-state index in [1.54, 1.807) is 0 Å². The molecule has 0 aliphatic carbocycles. The maximum Gasteiger partial charge on any atom is 0.306 e. The molecular formula is C25H47NO7. The lowest BCUT2D eigenvalue weighted by molar-refractivity contribution is -0.152. The third-order valence-corrected chi connectivity index (χ3v) is 5.38. The summed E-state index contributed by atoms with van der Waals surface area (Å²) < 4.78 is 9.65. The number of aliphatic hydroxyl groups excluding tert-OH is 2. The Morgan fingerprint density at radius 2 is 1.21 bits per heavy atom. The summed E-state index contributed by atoms with van der Waals surface area (Å²) in [7, 11) is 0. The van der Waals surface area contributed by atoms with Crippen LogP contribution in [0.25, 0.3) is 0 Å². The number of carbonyl (C=O) groups excluding carboxylic acids is 3. The number of amides is 1. The number of hydrogen-bond donors (Lipinski definition) is 3. The Kier molecular flexibility index (Phi) is 22.3. The summed E-state index contributed by atoms with van der Waals surface area (Å²) in [6.45, 7) is 1.74. The second-order valence-electron chi connectivity index (χ2n) is 8.58. The molecule has 1 atom stereocenters. The minimum Gasteiger partial charge on any atom is -0.464 e. The molecule has 0 bridgehead atoms. The number of aliphatic hydroxyl groups is 2. The van der Waals surface area contributed by atoms with E-state index >= 15 is 0 Å². The van der Waals surface area contributed by atoms with Gasteiger partial charge in [0.1, 0.15) is 19.3 Å². The third-order valence-electron chi connectivity index (χ3n) is 5.38. The maximum atomic E-state index is 11.8. The van der Waals surface area contributed by atoms with Crippen molar-refractivity contribution in [3.63, 3.8) is 0 Å². The molecule has 8 nitrogen and oxygen atoms in total. The fourth-order valence-electron chi connectivity index (χ4n) is 3.34. The summed E-state index contributed by atoms with van der Waals surface area (Å²) >= 11 is 0. The van der Waals surface area contributed by atoms with E-state index in [0.29, 0.717) is 6.42 Å². The monoisotopic (exact) mass is 473 g/mol. The fourth-order valence-corrected chi connectivity index (χ4v) is 3.34. The molecule has 0 saturated carbocycles. The van der Waals surface area contributed by atoms with Gasteiger partial charge in [-0.15, -0.1) is 0 Å². The quantitative estimate of drug-likeness (QED) is 0.152. The molecule has 0 aliphatic heterocycles. The first-order chi connectivity index (χ1) is 16.0. The van der Waals surface area contributed by atoms with Crippen molar-refractivity contribution in [1.82, 2.24) is 5.32 Å². The average Bonchev–Trinajstić information content (AvgIpc) is 2.81. The molecule has 3 N–H and O–H groups in total. The molecule has 0 heterocycles. The minimum atomic E-state index is -1.12. The second kappa shape index (κ2) is 23.5. The van der Waals surface area contributed by atoms with Gasteiger partial charge in [-0.2, -0.15) is 0 Å². The minimum absolute atomic E-state index is 0.0415. The van der Waals surface area contributed by atoms with Gasteiger partial charge in [-0.05, 0) is 6.42 Å². The van der Waals surface area contributed by atoms with Gasteiger partial charge in [0.25, 0.3) is 0 Å². The molecule has 0 aromatic carbocycles. The SMILES string of the molecule is CCCCCCCCCCCCCCCC(=O)NCCOC(=O)CCC(=O)OCC(O)CO. The van der Waals surface area contributed by atoms with E-state index < -0.39 is 24.6 Å². The molecule has 0 rings (SSSR count). The molecule has 1 unspecified atom stereocenters. The Bertz CT molecular complexity index is 499. The van der Waals surface area contributed by atoms with Crippen molar-refractivity contribution in [2.75, 3.05) is 26.4 Å². The summed E-state index contributed by atoms with van der Waals surface area (Å²) in [5, 5.41) is 20.4. The molecule has 0 saturated heterocycles. The van der Waals surface area contributed by atoms with Crippen LogP contribution in [0.2, 0.25) is 0 Å². The summed E-state index contributed by atoms with van der Waals surface area (Å²) in [6, 6.07) is 0. The third kappa shape index (κ3) is 23.3. The van der Waals surface area contributed by atoms with E-state index in [1.165, 1.54) is 70.6 Å². The van der Waals surface area contributed by atoms with Crippen molar-refractivity contribution < 1.29 is 34.1 Å². The van der Waals surface area contributed by atoms with Gasteiger partial charge < -0.3 is 25.0 Å². The van der Waals surface area contributed by atoms with Gasteiger partial charge in [0, 0.05) is 6.42 Å². The molecule has 0 fully saturated rings. The average molecular weight is 474 g/mol. The Balaban J connectivity index is 3.40. The molecule has 0 aromatic heterocycles. The summed E-state index contributed by atoms with van der Waals surface area (Å²) in [5.41, 5.74) is 0. The lowest BCUT2D eigenvalue weighted by atomic mass is 10.0. The van der Waals surface area contributed by atoms with Crippen molar-refractivity contribution in [3.05, 3.63) is 0 Å². The van der Waals surface area contributed by atoms with Crippen LogP contribution in [0.15, 0.2) is 0 Å². The lowest BCUT2D eigenvalue weighted by Crippen LogP contribution is -2.28. The highest BCUT2D eigenvalue weighted by atomic mass is 16.5. The van der Waals surface area contributed by atoms with E-state index in [-0.39, 0.29) is 38.5 Å². The molecule has 8 heteroatoms. The van der Waals surface area contributed by atoms with Gasteiger partial charge in [-0.25, -0.2) is 0 Å². The predicted molar refractivity (Wildman–Crippen MR) is 128 cm³/mol. The van der Waals surface area contributed by atoms with E-state index in [1.807, 2.05) is 0 Å². The van der Waals surface area contributed by atoms with Gasteiger partial charge >= 0.3 is 11.9 Å². The van der Waals surface area contributed by atoms with Crippen molar-refractivity contribution >= 4 is 17.8 Å². The Hall–Kier alpha value is -1.67. The van der Waals surface area contributed by atoms with E-state index in [4.69, 9.17) is 14.9 Å². The van der Waals surface area contributed by atoms with Crippen LogP contribution >= 0.6 is 0 Å². The van der Waals surface area contributed by atoms with Gasteiger partial charge in [0.15, 0.2) is 0 Å². The first kappa shape index (κ1) is 31.3. The molecule has 0 radical (unpaired) electrons. The van der Waals surface area contributed by atoms with Crippen LogP contribution in [-0.2, 0) is 23.9 Å². The summed E-state index contributed by atoms with van der Waals surface area (Å²) in [6.07, 6.45) is 15.5. The number of esters is 2. The van der Waals surface area contributed by atoms with Crippen molar-refractivity contribution in [2.24, 2.45) is 0 Å². The molecular weight excluding hydrogens is 426 g/mol. The maximum absolute atomic E-state index is 11.8. The lowest BCUT2D eigenvalue weighted by Gasteiger charge is -2.09. The number of carbonyl (C=O) groups is 3. The van der Waals surface area contributed by atoms with Crippen LogP contribution in [0.1, 0.15) is 110 Å². The highest BCUT2D eigenvalue weighted by molar-refractivity contribution is 5.78. The highest BCUT2D eigenvalue weighted by Gasteiger charge is 2.11. The standard InChI is InChI=1S/C25H47NO7/c1-2-3-4-5-6-7-8-9-10-11-12-13-14-15-23(29)26-18-19-32-24(30)16-17-25(31)33-21-22(28)20-27/h22,27-28H,2-21H2,1H3,(H,26,29). The number of unbranched alkanes of at least 4 members (excludes halogenated alkanes) is 12.